The Labute approximate surface area is 122 Å². The van der Waals surface area contributed by atoms with E-state index in [4.69, 9.17) is 0 Å². The molecule has 1 atom stereocenters. The van der Waals surface area contributed by atoms with Gasteiger partial charge in [0.25, 0.3) is 0 Å². The Morgan fingerprint density at radius 1 is 1.45 bits per heavy atom. The van der Waals surface area contributed by atoms with Crippen LogP contribution in [0.3, 0.4) is 0 Å². The lowest BCUT2D eigenvalue weighted by atomic mass is 9.95. The molecular formula is C15H27N5. The van der Waals surface area contributed by atoms with Gasteiger partial charge < -0.3 is 15.1 Å². The molecule has 1 aliphatic heterocycles. The molecule has 1 aromatic rings. The average Bonchev–Trinajstić information content (AvgIpc) is 2.40. The van der Waals surface area contributed by atoms with Crippen molar-refractivity contribution >= 4 is 11.8 Å². The largest absolute Gasteiger partial charge is 0.362 e. The Morgan fingerprint density at radius 3 is 2.95 bits per heavy atom. The smallest absolute Gasteiger partial charge is 0.224 e. The van der Waals surface area contributed by atoms with Crippen LogP contribution in [0.1, 0.15) is 24.8 Å². The Morgan fingerprint density at radius 2 is 2.25 bits per heavy atom. The van der Waals surface area contributed by atoms with Crippen LogP contribution in [0.25, 0.3) is 0 Å². The molecular weight excluding hydrogens is 250 g/mol. The number of hydrogen-bond donors (Lipinski definition) is 1. The van der Waals surface area contributed by atoms with Crippen molar-refractivity contribution in [3.8, 4) is 0 Å². The molecule has 2 heterocycles. The highest BCUT2D eigenvalue weighted by Gasteiger charge is 2.16. The molecule has 0 amide bonds. The van der Waals surface area contributed by atoms with Crippen molar-refractivity contribution in [3.63, 3.8) is 0 Å². The molecule has 0 aromatic carbocycles. The zero-order valence-corrected chi connectivity index (χ0v) is 13.2. The summed E-state index contributed by atoms with van der Waals surface area (Å²) in [6.45, 7) is 5.46. The van der Waals surface area contributed by atoms with Crippen LogP contribution in [0.5, 0.6) is 0 Å². The summed E-state index contributed by atoms with van der Waals surface area (Å²) in [5.74, 6) is 2.53. The summed E-state index contributed by atoms with van der Waals surface area (Å²) in [5.41, 5.74) is 1.11. The number of nitrogens with zero attached hydrogens (tertiary/aromatic N) is 4. The summed E-state index contributed by atoms with van der Waals surface area (Å²) in [5, 5.41) is 3.36. The molecule has 0 radical (unpaired) electrons. The lowest BCUT2D eigenvalue weighted by molar-refractivity contribution is 0.205. The number of piperidine rings is 1. The van der Waals surface area contributed by atoms with Crippen LogP contribution in [-0.2, 0) is 0 Å². The highest BCUT2D eigenvalue weighted by molar-refractivity contribution is 5.47. The van der Waals surface area contributed by atoms with Gasteiger partial charge in [-0.25, -0.2) is 4.98 Å². The van der Waals surface area contributed by atoms with Gasteiger partial charge in [-0.15, -0.1) is 0 Å². The van der Waals surface area contributed by atoms with Crippen molar-refractivity contribution in [2.24, 2.45) is 5.92 Å². The van der Waals surface area contributed by atoms with E-state index in [2.05, 4.69) is 27.2 Å². The maximum atomic E-state index is 4.56. The molecule has 1 N–H and O–H groups in total. The summed E-state index contributed by atoms with van der Waals surface area (Å²) < 4.78 is 0. The van der Waals surface area contributed by atoms with Crippen molar-refractivity contribution in [1.82, 2.24) is 14.9 Å². The third kappa shape index (κ3) is 4.07. The van der Waals surface area contributed by atoms with E-state index in [9.17, 15) is 0 Å². The molecule has 0 aliphatic carbocycles. The number of aromatic nitrogens is 2. The summed E-state index contributed by atoms with van der Waals surface area (Å²) in [6, 6.07) is 0. The third-order valence-electron chi connectivity index (χ3n) is 3.93. The van der Waals surface area contributed by atoms with Gasteiger partial charge in [0.15, 0.2) is 0 Å². The van der Waals surface area contributed by atoms with Crippen molar-refractivity contribution in [2.75, 3.05) is 51.0 Å². The van der Waals surface area contributed by atoms with Crippen LogP contribution in [0.15, 0.2) is 6.20 Å². The zero-order valence-electron chi connectivity index (χ0n) is 13.2. The fourth-order valence-corrected chi connectivity index (χ4v) is 2.87. The van der Waals surface area contributed by atoms with Gasteiger partial charge in [-0.1, -0.05) is 0 Å². The van der Waals surface area contributed by atoms with Crippen LogP contribution in [0.2, 0.25) is 0 Å². The lowest BCUT2D eigenvalue weighted by Crippen LogP contribution is -2.32. The maximum absolute atomic E-state index is 4.56. The van der Waals surface area contributed by atoms with E-state index in [1.807, 2.05) is 32.1 Å². The van der Waals surface area contributed by atoms with Crippen LogP contribution in [0.4, 0.5) is 11.8 Å². The number of likely N-dealkylation sites (tertiary alicyclic amines) is 1. The van der Waals surface area contributed by atoms with Gasteiger partial charge in [0.1, 0.15) is 5.82 Å². The molecule has 1 unspecified atom stereocenters. The first-order valence-corrected chi connectivity index (χ1v) is 7.49. The van der Waals surface area contributed by atoms with Gasteiger partial charge in [0.05, 0.1) is 0 Å². The molecule has 112 valence electrons. The number of nitrogens with one attached hydrogen (secondary N) is 1. The summed E-state index contributed by atoms with van der Waals surface area (Å²) in [4.78, 5) is 13.4. The second-order valence-corrected chi connectivity index (χ2v) is 6.08. The Balaban J connectivity index is 1.83. The number of hydrogen-bond acceptors (Lipinski definition) is 5. The van der Waals surface area contributed by atoms with Crippen LogP contribution in [-0.4, -0.2) is 55.6 Å². The number of rotatable bonds is 5. The summed E-state index contributed by atoms with van der Waals surface area (Å²) in [7, 11) is 6.24. The molecule has 0 spiro atoms. The van der Waals surface area contributed by atoms with E-state index in [0.29, 0.717) is 0 Å². The molecule has 2 rings (SSSR count). The van der Waals surface area contributed by atoms with Crippen molar-refractivity contribution in [1.29, 1.82) is 0 Å². The summed E-state index contributed by atoms with van der Waals surface area (Å²) >= 11 is 0. The quantitative estimate of drug-likeness (QED) is 0.892. The SMILES string of the molecule is Cc1cnc(NCCC2CCCN(C)C2)nc1N(C)C. The number of aryl methyl sites for hydroxylation is 1. The van der Waals surface area contributed by atoms with E-state index >= 15 is 0 Å². The van der Waals surface area contributed by atoms with Crippen molar-refractivity contribution in [2.45, 2.75) is 26.2 Å². The Kier molecular flexibility index (Phi) is 5.17. The third-order valence-corrected chi connectivity index (χ3v) is 3.93. The van der Waals surface area contributed by atoms with Gasteiger partial charge in [-0.3, -0.25) is 0 Å². The predicted molar refractivity (Wildman–Crippen MR) is 84.4 cm³/mol. The molecule has 0 saturated carbocycles. The van der Waals surface area contributed by atoms with E-state index in [0.717, 1.165) is 29.8 Å². The van der Waals surface area contributed by atoms with Gasteiger partial charge in [-0.05, 0) is 45.7 Å². The van der Waals surface area contributed by atoms with E-state index in [1.54, 1.807) is 0 Å². The average molecular weight is 277 g/mol. The Bertz CT molecular complexity index is 432. The van der Waals surface area contributed by atoms with E-state index < -0.39 is 0 Å². The highest BCUT2D eigenvalue weighted by atomic mass is 15.2. The second-order valence-electron chi connectivity index (χ2n) is 6.08. The normalized spacial score (nSPS) is 19.9. The number of anilines is 2. The monoisotopic (exact) mass is 277 g/mol. The fourth-order valence-electron chi connectivity index (χ4n) is 2.87. The van der Waals surface area contributed by atoms with E-state index in [-0.39, 0.29) is 0 Å². The first-order valence-electron chi connectivity index (χ1n) is 7.49. The maximum Gasteiger partial charge on any atom is 0.224 e. The molecule has 1 aliphatic rings. The Hall–Kier alpha value is -1.36. The minimum Gasteiger partial charge on any atom is -0.362 e. The van der Waals surface area contributed by atoms with Crippen LogP contribution < -0.4 is 10.2 Å². The van der Waals surface area contributed by atoms with Crippen LogP contribution >= 0.6 is 0 Å². The van der Waals surface area contributed by atoms with Crippen molar-refractivity contribution < 1.29 is 0 Å². The standard InChI is InChI=1S/C15H27N5/c1-12-10-17-15(18-14(12)19(2)3)16-8-7-13-6-5-9-20(4)11-13/h10,13H,5-9,11H2,1-4H3,(H,16,17,18). The van der Waals surface area contributed by atoms with Crippen LogP contribution in [0, 0.1) is 12.8 Å². The molecule has 1 fully saturated rings. The van der Waals surface area contributed by atoms with Crippen molar-refractivity contribution in [3.05, 3.63) is 11.8 Å². The topological polar surface area (TPSA) is 44.3 Å². The van der Waals surface area contributed by atoms with E-state index in [1.165, 1.54) is 32.4 Å². The molecule has 20 heavy (non-hydrogen) atoms. The summed E-state index contributed by atoms with van der Waals surface area (Å²) in [6.07, 6.45) is 5.76. The highest BCUT2D eigenvalue weighted by Crippen LogP contribution is 2.19. The fraction of sp³-hybridized carbons (Fsp3) is 0.733. The first-order chi connectivity index (χ1) is 9.56. The van der Waals surface area contributed by atoms with Gasteiger partial charge in [0.2, 0.25) is 5.95 Å². The predicted octanol–water partition coefficient (Wildman–Crippen LogP) is 1.99. The molecule has 5 heteroatoms. The molecule has 1 saturated heterocycles. The molecule has 5 nitrogen and oxygen atoms in total. The van der Waals surface area contributed by atoms with Gasteiger partial charge in [-0.2, -0.15) is 4.98 Å². The molecule has 1 aromatic heterocycles. The zero-order chi connectivity index (χ0) is 14.5. The van der Waals surface area contributed by atoms with Gasteiger partial charge >= 0.3 is 0 Å². The minimum atomic E-state index is 0.739. The second kappa shape index (κ2) is 6.88. The first kappa shape index (κ1) is 15.0. The molecule has 0 bridgehead atoms. The van der Waals surface area contributed by atoms with Gasteiger partial charge in [0, 0.05) is 38.9 Å². The minimum absolute atomic E-state index is 0.739. The lowest BCUT2D eigenvalue weighted by Gasteiger charge is -2.29.